The van der Waals surface area contributed by atoms with Crippen LogP contribution >= 0.6 is 0 Å². The lowest BCUT2D eigenvalue weighted by Crippen LogP contribution is -2.22. The average Bonchev–Trinajstić information content (AvgIpc) is 3.42. The molecule has 1 aliphatic carbocycles. The van der Waals surface area contributed by atoms with Gasteiger partial charge in [0.25, 0.3) is 5.69 Å². The van der Waals surface area contributed by atoms with Crippen LogP contribution < -0.4 is 4.74 Å². The molecule has 0 fully saturated rings. The number of rotatable bonds is 4. The molecule has 7 rings (SSSR count). The number of aromatic nitrogens is 4. The van der Waals surface area contributed by atoms with Crippen molar-refractivity contribution in [3.63, 3.8) is 0 Å². The van der Waals surface area contributed by atoms with Crippen molar-refractivity contribution in [1.82, 2.24) is 19.6 Å². The third kappa shape index (κ3) is 4.06. The predicted molar refractivity (Wildman–Crippen MR) is 147 cm³/mol. The molecule has 8 heteroatoms. The lowest BCUT2D eigenvalue weighted by Gasteiger charge is -2.34. The normalized spacial score (nSPS) is 17.5. The second kappa shape index (κ2) is 9.33. The fraction of sp³-hybridized carbons (Fsp3) is 0.129. The van der Waals surface area contributed by atoms with E-state index in [-0.39, 0.29) is 11.6 Å². The van der Waals surface area contributed by atoms with Crippen molar-refractivity contribution in [2.75, 3.05) is 0 Å². The van der Waals surface area contributed by atoms with Gasteiger partial charge in [0.1, 0.15) is 12.1 Å². The first-order valence-corrected chi connectivity index (χ1v) is 12.9. The van der Waals surface area contributed by atoms with E-state index < -0.39 is 4.92 Å². The zero-order valence-electron chi connectivity index (χ0n) is 20.9. The molecule has 2 aromatic heterocycles. The van der Waals surface area contributed by atoms with Crippen LogP contribution in [0.1, 0.15) is 41.9 Å². The number of nitrogens with zero attached hydrogens (tertiary/aromatic N) is 5. The minimum Gasteiger partial charge on any atom is -0.438 e. The summed E-state index contributed by atoms with van der Waals surface area (Å²) in [5, 5.41) is 15.8. The number of hydrogen-bond donors (Lipinski definition) is 0. The highest BCUT2D eigenvalue weighted by atomic mass is 16.6. The van der Waals surface area contributed by atoms with Gasteiger partial charge in [-0.1, -0.05) is 60.7 Å². The number of benzene rings is 3. The first-order chi connectivity index (χ1) is 19.2. The molecule has 2 aliphatic rings. The van der Waals surface area contributed by atoms with Crippen molar-refractivity contribution >= 4 is 17.4 Å². The Hall–Kier alpha value is -5.11. The second-order valence-electron chi connectivity index (χ2n) is 9.70. The van der Waals surface area contributed by atoms with Crippen LogP contribution in [0.3, 0.4) is 0 Å². The van der Waals surface area contributed by atoms with Crippen molar-refractivity contribution in [3.05, 3.63) is 135 Å². The van der Waals surface area contributed by atoms with E-state index in [0.717, 1.165) is 41.7 Å². The molecule has 0 spiro atoms. The number of nitro benzene ring substituents is 1. The SMILES string of the molecule is O=[N+]([O-])c1ccc(-c2nc3c4c(ncn3n2)OC2=C(CCCC2=Cc2ccccc2)C4c2ccccc2)cc1. The second-order valence-corrected chi connectivity index (χ2v) is 9.70. The summed E-state index contributed by atoms with van der Waals surface area (Å²) < 4.78 is 8.25. The van der Waals surface area contributed by atoms with E-state index in [9.17, 15) is 10.1 Å². The lowest BCUT2D eigenvalue weighted by atomic mass is 9.77. The third-order valence-corrected chi connectivity index (χ3v) is 7.31. The van der Waals surface area contributed by atoms with Crippen LogP contribution in [0, 0.1) is 10.1 Å². The Labute approximate surface area is 224 Å². The summed E-state index contributed by atoms with van der Waals surface area (Å²) in [6.07, 6.45) is 6.70. The number of allylic oxidation sites excluding steroid dienone is 2. The maximum absolute atomic E-state index is 11.1. The van der Waals surface area contributed by atoms with Gasteiger partial charge in [-0.15, -0.1) is 5.10 Å². The first-order valence-electron chi connectivity index (χ1n) is 12.9. The van der Waals surface area contributed by atoms with Gasteiger partial charge in [-0.25, -0.2) is 14.5 Å². The third-order valence-electron chi connectivity index (χ3n) is 7.31. The smallest absolute Gasteiger partial charge is 0.269 e. The molecule has 0 saturated carbocycles. The zero-order valence-corrected chi connectivity index (χ0v) is 20.9. The Balaban J connectivity index is 1.40. The van der Waals surface area contributed by atoms with Gasteiger partial charge >= 0.3 is 0 Å². The average molecular weight is 514 g/mol. The number of non-ortho nitro benzene ring substituents is 1. The van der Waals surface area contributed by atoms with Gasteiger partial charge in [0.15, 0.2) is 11.5 Å². The van der Waals surface area contributed by atoms with Crippen molar-refractivity contribution in [2.24, 2.45) is 0 Å². The largest absolute Gasteiger partial charge is 0.438 e. The molecule has 0 radical (unpaired) electrons. The highest BCUT2D eigenvalue weighted by molar-refractivity contribution is 5.69. The number of ether oxygens (including phenoxy) is 1. The summed E-state index contributed by atoms with van der Waals surface area (Å²) in [7, 11) is 0. The highest BCUT2D eigenvalue weighted by Crippen LogP contribution is 2.49. The van der Waals surface area contributed by atoms with E-state index in [2.05, 4.69) is 40.4 Å². The summed E-state index contributed by atoms with van der Waals surface area (Å²) in [6, 6.07) is 27.0. The number of nitro groups is 1. The molecule has 0 amide bonds. The fourth-order valence-corrected chi connectivity index (χ4v) is 5.53. The maximum Gasteiger partial charge on any atom is 0.269 e. The van der Waals surface area contributed by atoms with Crippen LogP contribution in [-0.4, -0.2) is 24.5 Å². The van der Waals surface area contributed by atoms with Gasteiger partial charge in [0, 0.05) is 23.6 Å². The Morgan fingerprint density at radius 3 is 2.44 bits per heavy atom. The van der Waals surface area contributed by atoms with Crippen LogP contribution in [0.5, 0.6) is 5.88 Å². The van der Waals surface area contributed by atoms with Crippen molar-refractivity contribution in [2.45, 2.75) is 25.2 Å². The molecule has 3 aromatic carbocycles. The summed E-state index contributed by atoms with van der Waals surface area (Å²) in [4.78, 5) is 20.3. The summed E-state index contributed by atoms with van der Waals surface area (Å²) in [5.41, 5.74) is 6.93. The molecule has 1 aliphatic heterocycles. The molecule has 8 nitrogen and oxygen atoms in total. The van der Waals surface area contributed by atoms with E-state index in [1.54, 1.807) is 23.0 Å². The van der Waals surface area contributed by atoms with Crippen molar-refractivity contribution in [3.8, 4) is 17.3 Å². The summed E-state index contributed by atoms with van der Waals surface area (Å²) >= 11 is 0. The maximum atomic E-state index is 11.1. The van der Waals surface area contributed by atoms with E-state index in [0.29, 0.717) is 22.9 Å². The van der Waals surface area contributed by atoms with Crippen LogP contribution in [0.15, 0.2) is 108 Å². The predicted octanol–water partition coefficient (Wildman–Crippen LogP) is 6.75. The first kappa shape index (κ1) is 23.0. The van der Waals surface area contributed by atoms with Crippen LogP contribution in [0.2, 0.25) is 0 Å². The molecule has 5 aromatic rings. The molecular formula is C31H23N5O3. The zero-order chi connectivity index (χ0) is 26.3. The van der Waals surface area contributed by atoms with Gasteiger partial charge in [-0.05, 0) is 59.7 Å². The Morgan fingerprint density at radius 2 is 1.69 bits per heavy atom. The fourth-order valence-electron chi connectivity index (χ4n) is 5.53. The van der Waals surface area contributed by atoms with Gasteiger partial charge in [-0.3, -0.25) is 10.1 Å². The van der Waals surface area contributed by atoms with E-state index in [1.165, 1.54) is 23.3 Å². The Bertz CT molecular complexity index is 1770. The Kier molecular flexibility index (Phi) is 5.51. The van der Waals surface area contributed by atoms with Gasteiger partial charge < -0.3 is 4.74 Å². The molecule has 0 N–H and O–H groups in total. The minimum absolute atomic E-state index is 0.0234. The highest BCUT2D eigenvalue weighted by Gasteiger charge is 2.37. The van der Waals surface area contributed by atoms with E-state index >= 15 is 0 Å². The molecule has 0 bridgehead atoms. The lowest BCUT2D eigenvalue weighted by molar-refractivity contribution is -0.384. The summed E-state index contributed by atoms with van der Waals surface area (Å²) in [6.45, 7) is 0. The Morgan fingerprint density at radius 1 is 0.949 bits per heavy atom. The molecular weight excluding hydrogens is 490 g/mol. The van der Waals surface area contributed by atoms with E-state index in [1.807, 2.05) is 36.4 Å². The molecule has 1 atom stereocenters. The topological polar surface area (TPSA) is 95.5 Å². The molecule has 1 unspecified atom stereocenters. The van der Waals surface area contributed by atoms with Crippen molar-refractivity contribution < 1.29 is 9.66 Å². The van der Waals surface area contributed by atoms with Crippen LogP contribution in [0.25, 0.3) is 23.1 Å². The number of hydrogen-bond acceptors (Lipinski definition) is 6. The monoisotopic (exact) mass is 513 g/mol. The molecule has 3 heterocycles. The van der Waals surface area contributed by atoms with Gasteiger partial charge in [-0.2, -0.15) is 0 Å². The van der Waals surface area contributed by atoms with Gasteiger partial charge in [0.05, 0.1) is 10.5 Å². The van der Waals surface area contributed by atoms with Crippen LogP contribution in [-0.2, 0) is 0 Å². The molecule has 0 saturated heterocycles. The van der Waals surface area contributed by atoms with Crippen LogP contribution in [0.4, 0.5) is 5.69 Å². The minimum atomic E-state index is -0.418. The summed E-state index contributed by atoms with van der Waals surface area (Å²) in [5.74, 6) is 1.81. The molecule has 190 valence electrons. The number of fused-ring (bicyclic) bond motifs is 3. The molecule has 39 heavy (non-hydrogen) atoms. The van der Waals surface area contributed by atoms with Crippen molar-refractivity contribution in [1.29, 1.82) is 0 Å². The van der Waals surface area contributed by atoms with Gasteiger partial charge in [0.2, 0.25) is 5.88 Å². The quantitative estimate of drug-likeness (QED) is 0.195. The standard InChI is InChI=1S/C31H23N5O3/c37-36(38)24-16-14-22(15-17-24)29-33-30-27-26(21-10-5-2-6-11-21)25-13-7-12-23(18-20-8-3-1-4-9-20)28(25)39-31(27)32-19-35(30)34-29/h1-6,8-11,14-19,26H,7,12-13H2. The van der Waals surface area contributed by atoms with E-state index in [4.69, 9.17) is 9.72 Å².